The van der Waals surface area contributed by atoms with Gasteiger partial charge in [0.2, 0.25) is 0 Å². The first-order valence-electron chi connectivity index (χ1n) is 5.03. The molecule has 5 nitrogen and oxygen atoms in total. The van der Waals surface area contributed by atoms with Gasteiger partial charge in [-0.3, -0.25) is 4.79 Å². The summed E-state index contributed by atoms with van der Waals surface area (Å²) in [6.07, 6.45) is 2.46. The van der Waals surface area contributed by atoms with Crippen LogP contribution in [0.3, 0.4) is 0 Å². The van der Waals surface area contributed by atoms with E-state index in [0.29, 0.717) is 19.5 Å². The summed E-state index contributed by atoms with van der Waals surface area (Å²) in [4.78, 5) is 11.5. The van der Waals surface area contributed by atoms with E-state index < -0.39 is 12.1 Å². The predicted molar refractivity (Wildman–Crippen MR) is 57.8 cm³/mol. The third-order valence-corrected chi connectivity index (χ3v) is 2.12. The summed E-state index contributed by atoms with van der Waals surface area (Å²) in [5.74, 6) is -0.0728. The quantitative estimate of drug-likeness (QED) is 0.361. The molecule has 84 valence electrons. The van der Waals surface area contributed by atoms with E-state index in [2.05, 4.69) is 5.32 Å². The van der Waals surface area contributed by atoms with Crippen molar-refractivity contribution in [1.82, 2.24) is 5.32 Å². The Kier molecular flexibility index (Phi) is 7.60. The zero-order valence-corrected chi connectivity index (χ0v) is 8.83. The number of ketones is 1. The first-order chi connectivity index (χ1) is 6.63. The number of unbranched alkanes of at least 4 members (excludes halogenated alkanes) is 1. The van der Waals surface area contributed by atoms with Crippen LogP contribution in [-0.2, 0) is 4.79 Å². The van der Waals surface area contributed by atoms with Crippen molar-refractivity contribution in [3.05, 3.63) is 0 Å². The number of rotatable bonds is 8. The summed E-state index contributed by atoms with van der Waals surface area (Å²) < 4.78 is 0. The summed E-state index contributed by atoms with van der Waals surface area (Å²) in [7, 11) is 1.76. The second-order valence-corrected chi connectivity index (χ2v) is 3.46. The highest BCUT2D eigenvalue weighted by Gasteiger charge is 2.19. The Morgan fingerprint density at radius 3 is 2.43 bits per heavy atom. The predicted octanol–water partition coefficient (Wildman–Crippen LogP) is -1.44. The number of Topliss-reactive ketones (excluding diaryl/α,β-unsaturated/α-hetero) is 1. The molecule has 0 aliphatic rings. The smallest absolute Gasteiger partial charge is 0.167 e. The topological polar surface area (TPSA) is 107 Å². The number of nitrogens with one attached hydrogen (secondary N) is 1. The Labute approximate surface area is 85.4 Å². The maximum Gasteiger partial charge on any atom is 0.167 e. The highest BCUT2D eigenvalue weighted by molar-refractivity contribution is 5.88. The lowest BCUT2D eigenvalue weighted by molar-refractivity contribution is -0.121. The second kappa shape index (κ2) is 7.87. The van der Waals surface area contributed by atoms with Gasteiger partial charge >= 0.3 is 0 Å². The van der Waals surface area contributed by atoms with E-state index in [0.717, 1.165) is 12.8 Å². The minimum absolute atomic E-state index is 0.0728. The molecule has 14 heavy (non-hydrogen) atoms. The molecule has 0 saturated carbocycles. The SMILES string of the molecule is CNCC(N)C(=O)[C@H](N)CCCCN. The third-order valence-electron chi connectivity index (χ3n) is 2.12. The molecule has 0 fully saturated rings. The van der Waals surface area contributed by atoms with Crippen molar-refractivity contribution >= 4 is 5.78 Å². The summed E-state index contributed by atoms with van der Waals surface area (Å²) in [6.45, 7) is 1.12. The molecule has 0 aromatic carbocycles. The lowest BCUT2D eigenvalue weighted by atomic mass is 10.0. The number of hydrogen-bond acceptors (Lipinski definition) is 5. The van der Waals surface area contributed by atoms with Crippen LogP contribution in [0.1, 0.15) is 19.3 Å². The highest BCUT2D eigenvalue weighted by atomic mass is 16.1. The molecule has 2 atom stereocenters. The van der Waals surface area contributed by atoms with Gasteiger partial charge in [-0.05, 0) is 26.4 Å². The van der Waals surface area contributed by atoms with Crippen molar-refractivity contribution in [2.45, 2.75) is 31.3 Å². The lowest BCUT2D eigenvalue weighted by Crippen LogP contribution is -2.47. The molecular formula is C9H22N4O. The second-order valence-electron chi connectivity index (χ2n) is 3.46. The monoisotopic (exact) mass is 202 g/mol. The van der Waals surface area contributed by atoms with Gasteiger partial charge in [-0.1, -0.05) is 6.42 Å². The van der Waals surface area contributed by atoms with E-state index in [1.165, 1.54) is 0 Å². The maximum absolute atomic E-state index is 11.5. The van der Waals surface area contributed by atoms with Crippen LogP contribution < -0.4 is 22.5 Å². The van der Waals surface area contributed by atoms with E-state index in [1.54, 1.807) is 7.05 Å². The fraction of sp³-hybridized carbons (Fsp3) is 0.889. The van der Waals surface area contributed by atoms with E-state index in [9.17, 15) is 4.79 Å². The summed E-state index contributed by atoms with van der Waals surface area (Å²) in [5, 5.41) is 2.85. The summed E-state index contributed by atoms with van der Waals surface area (Å²) in [5.41, 5.74) is 16.6. The minimum Gasteiger partial charge on any atom is -0.330 e. The Hall–Kier alpha value is -0.490. The van der Waals surface area contributed by atoms with Gasteiger partial charge < -0.3 is 22.5 Å². The van der Waals surface area contributed by atoms with Crippen molar-refractivity contribution in [2.24, 2.45) is 17.2 Å². The molecule has 0 bridgehead atoms. The van der Waals surface area contributed by atoms with Gasteiger partial charge in [0.05, 0.1) is 12.1 Å². The Morgan fingerprint density at radius 1 is 1.29 bits per heavy atom. The molecular weight excluding hydrogens is 180 g/mol. The molecule has 0 heterocycles. The third kappa shape index (κ3) is 5.29. The van der Waals surface area contributed by atoms with Crippen molar-refractivity contribution < 1.29 is 4.79 Å². The van der Waals surface area contributed by atoms with Gasteiger partial charge in [-0.15, -0.1) is 0 Å². The number of carbonyl (C=O) groups excluding carboxylic acids is 1. The van der Waals surface area contributed by atoms with E-state index >= 15 is 0 Å². The van der Waals surface area contributed by atoms with Gasteiger partial charge in [0, 0.05) is 6.54 Å². The molecule has 0 aromatic rings. The van der Waals surface area contributed by atoms with E-state index in [1.807, 2.05) is 0 Å². The molecule has 5 heteroatoms. The van der Waals surface area contributed by atoms with Crippen LogP contribution in [0, 0.1) is 0 Å². The first-order valence-corrected chi connectivity index (χ1v) is 5.03. The standard InChI is InChI=1S/C9H22N4O/c1-13-6-8(12)9(14)7(11)4-2-3-5-10/h7-8,13H,2-6,10-12H2,1H3/t7-,8?/m1/s1. The molecule has 0 amide bonds. The molecule has 7 N–H and O–H groups in total. The van der Waals surface area contributed by atoms with Gasteiger partial charge in [0.25, 0.3) is 0 Å². The molecule has 0 rings (SSSR count). The zero-order valence-electron chi connectivity index (χ0n) is 8.83. The Bertz CT molecular complexity index is 163. The van der Waals surface area contributed by atoms with Crippen LogP contribution in [0.4, 0.5) is 0 Å². The van der Waals surface area contributed by atoms with Crippen LogP contribution in [0.25, 0.3) is 0 Å². The largest absolute Gasteiger partial charge is 0.330 e. The first kappa shape index (κ1) is 13.5. The molecule has 1 unspecified atom stereocenters. The number of likely N-dealkylation sites (N-methyl/N-ethyl adjacent to an activating group) is 1. The number of hydrogen-bond donors (Lipinski definition) is 4. The van der Waals surface area contributed by atoms with Crippen molar-refractivity contribution in [2.75, 3.05) is 20.1 Å². The van der Waals surface area contributed by atoms with Gasteiger partial charge in [-0.2, -0.15) is 0 Å². The fourth-order valence-electron chi connectivity index (χ4n) is 1.25. The van der Waals surface area contributed by atoms with Crippen molar-refractivity contribution in [3.8, 4) is 0 Å². The molecule has 0 aromatic heterocycles. The molecule has 0 aliphatic carbocycles. The van der Waals surface area contributed by atoms with Crippen molar-refractivity contribution in [1.29, 1.82) is 0 Å². The zero-order chi connectivity index (χ0) is 11.0. The molecule has 0 saturated heterocycles. The lowest BCUT2D eigenvalue weighted by Gasteiger charge is -2.15. The summed E-state index contributed by atoms with van der Waals surface area (Å²) >= 11 is 0. The number of nitrogens with two attached hydrogens (primary N) is 3. The van der Waals surface area contributed by atoms with E-state index in [4.69, 9.17) is 17.2 Å². The Morgan fingerprint density at radius 2 is 1.93 bits per heavy atom. The van der Waals surface area contributed by atoms with Crippen LogP contribution in [0.5, 0.6) is 0 Å². The minimum atomic E-state index is -0.493. The normalized spacial score (nSPS) is 15.1. The molecule has 0 aliphatic heterocycles. The van der Waals surface area contributed by atoms with Gasteiger partial charge in [0.1, 0.15) is 0 Å². The maximum atomic E-state index is 11.5. The van der Waals surface area contributed by atoms with Crippen molar-refractivity contribution in [3.63, 3.8) is 0 Å². The van der Waals surface area contributed by atoms with E-state index in [-0.39, 0.29) is 5.78 Å². The summed E-state index contributed by atoms with van der Waals surface area (Å²) in [6, 6.07) is -0.933. The van der Waals surface area contributed by atoms with Gasteiger partial charge in [0.15, 0.2) is 5.78 Å². The fourth-order valence-corrected chi connectivity index (χ4v) is 1.25. The Balaban J connectivity index is 3.74. The highest BCUT2D eigenvalue weighted by Crippen LogP contribution is 2.00. The van der Waals surface area contributed by atoms with Crippen LogP contribution in [0.15, 0.2) is 0 Å². The average molecular weight is 202 g/mol. The molecule has 0 spiro atoms. The molecule has 0 radical (unpaired) electrons. The van der Waals surface area contributed by atoms with Gasteiger partial charge in [-0.25, -0.2) is 0 Å². The van der Waals surface area contributed by atoms with Crippen LogP contribution in [-0.4, -0.2) is 38.0 Å². The average Bonchev–Trinajstić information content (AvgIpc) is 2.17. The van der Waals surface area contributed by atoms with Crippen LogP contribution in [0.2, 0.25) is 0 Å². The number of carbonyl (C=O) groups is 1. The van der Waals surface area contributed by atoms with Crippen LogP contribution >= 0.6 is 0 Å².